The number of rotatable bonds is 4. The van der Waals surface area contributed by atoms with Gasteiger partial charge in [0.2, 0.25) is 0 Å². The normalized spacial score (nSPS) is 19.0. The van der Waals surface area contributed by atoms with E-state index >= 15 is 0 Å². The minimum atomic E-state index is 0.426. The summed E-state index contributed by atoms with van der Waals surface area (Å²) in [5, 5.41) is 3.51. The van der Waals surface area contributed by atoms with Gasteiger partial charge in [0, 0.05) is 30.7 Å². The summed E-state index contributed by atoms with van der Waals surface area (Å²) in [7, 11) is 0. The molecule has 0 radical (unpaired) electrons. The Morgan fingerprint density at radius 2 is 2.00 bits per heavy atom. The number of hydrogen-bond acceptors (Lipinski definition) is 3. The smallest absolute Gasteiger partial charge is 0.0411 e. The predicted octanol–water partition coefficient (Wildman–Crippen LogP) is 2.01. The van der Waals surface area contributed by atoms with Gasteiger partial charge in [-0.3, -0.25) is 4.98 Å². The van der Waals surface area contributed by atoms with Crippen molar-refractivity contribution in [2.75, 3.05) is 11.9 Å². The Bertz CT molecular complexity index is 280. The van der Waals surface area contributed by atoms with Crippen LogP contribution in [-0.2, 0) is 0 Å². The molecular formula is C12H19N3. The van der Waals surface area contributed by atoms with Crippen LogP contribution >= 0.6 is 0 Å². The van der Waals surface area contributed by atoms with E-state index in [1.165, 1.54) is 25.7 Å². The molecule has 3 N–H and O–H groups in total. The van der Waals surface area contributed by atoms with Crippen molar-refractivity contribution in [3.05, 3.63) is 24.5 Å². The molecule has 1 saturated carbocycles. The summed E-state index contributed by atoms with van der Waals surface area (Å²) >= 11 is 0. The number of nitrogens with two attached hydrogens (primary N) is 1. The first kappa shape index (κ1) is 10.4. The molecule has 0 aromatic carbocycles. The monoisotopic (exact) mass is 205 g/mol. The molecule has 0 saturated heterocycles. The molecule has 1 aliphatic carbocycles. The van der Waals surface area contributed by atoms with Crippen molar-refractivity contribution < 1.29 is 0 Å². The van der Waals surface area contributed by atoms with Crippen LogP contribution in [0.3, 0.4) is 0 Å². The van der Waals surface area contributed by atoms with E-state index in [2.05, 4.69) is 10.3 Å². The number of aromatic nitrogens is 1. The summed E-state index contributed by atoms with van der Waals surface area (Å²) in [5.74, 6) is 0.753. The highest BCUT2D eigenvalue weighted by Crippen LogP contribution is 2.28. The van der Waals surface area contributed by atoms with E-state index in [9.17, 15) is 0 Å². The van der Waals surface area contributed by atoms with Crippen LogP contribution in [0.1, 0.15) is 25.7 Å². The molecule has 15 heavy (non-hydrogen) atoms. The maximum atomic E-state index is 5.82. The summed E-state index contributed by atoms with van der Waals surface area (Å²) in [6, 6.07) is 4.42. The van der Waals surface area contributed by atoms with Gasteiger partial charge in [-0.2, -0.15) is 0 Å². The van der Waals surface area contributed by atoms with Crippen molar-refractivity contribution in [1.82, 2.24) is 4.98 Å². The first-order valence-electron chi connectivity index (χ1n) is 5.77. The second-order valence-electron chi connectivity index (χ2n) is 4.27. The third-order valence-electron chi connectivity index (χ3n) is 3.26. The molecule has 0 bridgehead atoms. The Labute approximate surface area is 91.1 Å². The second kappa shape index (κ2) is 5.12. The molecule has 1 atom stereocenters. The molecular weight excluding hydrogens is 186 g/mol. The Hall–Kier alpha value is -1.09. The molecule has 0 aliphatic heterocycles. The van der Waals surface area contributed by atoms with Crippen LogP contribution in [-0.4, -0.2) is 17.6 Å². The quantitative estimate of drug-likeness (QED) is 0.790. The standard InChI is InChI=1S/C12H19N3/c13-9-12(10-3-1-2-4-10)15-11-5-7-14-8-6-11/h5-8,10,12H,1-4,9,13H2,(H,14,15). The number of nitrogens with zero attached hydrogens (tertiary/aromatic N) is 1. The third kappa shape index (κ3) is 2.69. The van der Waals surface area contributed by atoms with E-state index in [0.717, 1.165) is 11.6 Å². The van der Waals surface area contributed by atoms with Gasteiger partial charge in [-0.25, -0.2) is 0 Å². The number of hydrogen-bond donors (Lipinski definition) is 2. The van der Waals surface area contributed by atoms with Gasteiger partial charge in [0.1, 0.15) is 0 Å². The van der Waals surface area contributed by atoms with Crippen LogP contribution in [0.25, 0.3) is 0 Å². The zero-order chi connectivity index (χ0) is 10.5. The van der Waals surface area contributed by atoms with E-state index in [1.54, 1.807) is 0 Å². The topological polar surface area (TPSA) is 50.9 Å². The predicted molar refractivity (Wildman–Crippen MR) is 62.7 cm³/mol. The fraction of sp³-hybridized carbons (Fsp3) is 0.583. The summed E-state index contributed by atoms with van der Waals surface area (Å²) in [5.41, 5.74) is 6.95. The van der Waals surface area contributed by atoms with E-state index in [0.29, 0.717) is 12.6 Å². The average Bonchev–Trinajstić information content (AvgIpc) is 2.81. The molecule has 2 rings (SSSR count). The molecule has 3 nitrogen and oxygen atoms in total. The lowest BCUT2D eigenvalue weighted by atomic mass is 9.98. The van der Waals surface area contributed by atoms with Crippen LogP contribution in [0, 0.1) is 5.92 Å². The number of pyridine rings is 1. The fourth-order valence-electron chi connectivity index (χ4n) is 2.39. The fourth-order valence-corrected chi connectivity index (χ4v) is 2.39. The lowest BCUT2D eigenvalue weighted by molar-refractivity contribution is 0.462. The minimum absolute atomic E-state index is 0.426. The Morgan fingerprint density at radius 1 is 1.33 bits per heavy atom. The first-order chi connectivity index (χ1) is 7.40. The SMILES string of the molecule is NCC(Nc1ccncc1)C1CCCC1. The van der Waals surface area contributed by atoms with Gasteiger partial charge in [-0.15, -0.1) is 0 Å². The van der Waals surface area contributed by atoms with Crippen LogP contribution in [0.4, 0.5) is 5.69 Å². The lowest BCUT2D eigenvalue weighted by Crippen LogP contribution is -2.35. The lowest BCUT2D eigenvalue weighted by Gasteiger charge is -2.24. The summed E-state index contributed by atoms with van der Waals surface area (Å²) in [4.78, 5) is 4.00. The van der Waals surface area contributed by atoms with Crippen molar-refractivity contribution in [3.8, 4) is 0 Å². The van der Waals surface area contributed by atoms with E-state index < -0.39 is 0 Å². The zero-order valence-electron chi connectivity index (χ0n) is 9.02. The van der Waals surface area contributed by atoms with E-state index in [-0.39, 0.29) is 0 Å². The number of anilines is 1. The Balaban J connectivity index is 1.96. The van der Waals surface area contributed by atoms with Gasteiger partial charge in [-0.05, 0) is 30.9 Å². The largest absolute Gasteiger partial charge is 0.381 e. The molecule has 82 valence electrons. The van der Waals surface area contributed by atoms with Gasteiger partial charge in [0.15, 0.2) is 0 Å². The molecule has 3 heteroatoms. The van der Waals surface area contributed by atoms with Crippen molar-refractivity contribution >= 4 is 5.69 Å². The van der Waals surface area contributed by atoms with Gasteiger partial charge in [0.25, 0.3) is 0 Å². The van der Waals surface area contributed by atoms with Gasteiger partial charge in [-0.1, -0.05) is 12.8 Å². The summed E-state index contributed by atoms with van der Waals surface area (Å²) < 4.78 is 0. The maximum Gasteiger partial charge on any atom is 0.0411 e. The molecule has 1 fully saturated rings. The second-order valence-corrected chi connectivity index (χ2v) is 4.27. The molecule has 0 amide bonds. The highest BCUT2D eigenvalue weighted by Gasteiger charge is 2.23. The highest BCUT2D eigenvalue weighted by atomic mass is 14.9. The molecule has 1 aliphatic rings. The van der Waals surface area contributed by atoms with Crippen LogP contribution in [0.5, 0.6) is 0 Å². The number of nitrogens with one attached hydrogen (secondary N) is 1. The van der Waals surface area contributed by atoms with E-state index in [4.69, 9.17) is 5.73 Å². The first-order valence-corrected chi connectivity index (χ1v) is 5.77. The average molecular weight is 205 g/mol. The zero-order valence-corrected chi connectivity index (χ0v) is 9.02. The Kier molecular flexibility index (Phi) is 3.56. The van der Waals surface area contributed by atoms with Crippen LogP contribution in [0.2, 0.25) is 0 Å². The van der Waals surface area contributed by atoms with Crippen molar-refractivity contribution in [3.63, 3.8) is 0 Å². The molecule has 1 aromatic heterocycles. The molecule has 0 spiro atoms. The van der Waals surface area contributed by atoms with E-state index in [1.807, 2.05) is 24.5 Å². The summed E-state index contributed by atoms with van der Waals surface area (Å²) in [6.07, 6.45) is 8.98. The van der Waals surface area contributed by atoms with Gasteiger partial charge in [0.05, 0.1) is 0 Å². The maximum absolute atomic E-state index is 5.82. The molecule has 1 heterocycles. The molecule has 1 unspecified atom stereocenters. The third-order valence-corrected chi connectivity index (χ3v) is 3.26. The Morgan fingerprint density at radius 3 is 2.60 bits per heavy atom. The minimum Gasteiger partial charge on any atom is -0.381 e. The van der Waals surface area contributed by atoms with Gasteiger partial charge >= 0.3 is 0 Å². The van der Waals surface area contributed by atoms with Crippen molar-refractivity contribution in [2.24, 2.45) is 11.7 Å². The highest BCUT2D eigenvalue weighted by molar-refractivity contribution is 5.42. The summed E-state index contributed by atoms with van der Waals surface area (Å²) in [6.45, 7) is 0.715. The van der Waals surface area contributed by atoms with Gasteiger partial charge < -0.3 is 11.1 Å². The van der Waals surface area contributed by atoms with Crippen LogP contribution in [0.15, 0.2) is 24.5 Å². The molecule has 1 aromatic rings. The van der Waals surface area contributed by atoms with Crippen molar-refractivity contribution in [1.29, 1.82) is 0 Å². The van der Waals surface area contributed by atoms with Crippen LogP contribution < -0.4 is 11.1 Å². The van der Waals surface area contributed by atoms with Crippen molar-refractivity contribution in [2.45, 2.75) is 31.7 Å².